The van der Waals surface area contributed by atoms with Crippen LogP contribution >= 0.6 is 0 Å². The van der Waals surface area contributed by atoms with Crippen LogP contribution < -0.4 is 0 Å². The summed E-state index contributed by atoms with van der Waals surface area (Å²) < 4.78 is 27.3. The van der Waals surface area contributed by atoms with Gasteiger partial charge in [-0.3, -0.25) is 9.78 Å². The summed E-state index contributed by atoms with van der Waals surface area (Å²) in [6.07, 6.45) is 3.64. The molecular weight excluding hydrogens is 374 g/mol. The summed E-state index contributed by atoms with van der Waals surface area (Å²) in [5.74, 6) is 0.0118. The number of sulfonamides is 1. The monoisotopic (exact) mass is 401 g/mol. The lowest BCUT2D eigenvalue weighted by Crippen LogP contribution is -2.50. The van der Waals surface area contributed by atoms with Gasteiger partial charge in [-0.1, -0.05) is 32.9 Å². The molecule has 1 aromatic carbocycles. The number of nitrogens with zero attached hydrogens (tertiary/aromatic N) is 3. The fraction of sp³-hybridized carbons (Fsp3) is 0.429. The molecule has 28 heavy (non-hydrogen) atoms. The highest BCUT2D eigenvalue weighted by Gasteiger charge is 2.30. The van der Waals surface area contributed by atoms with Gasteiger partial charge in [-0.05, 0) is 40.8 Å². The molecule has 1 aliphatic rings. The number of piperazine rings is 1. The zero-order chi connectivity index (χ0) is 20.4. The minimum absolute atomic E-state index is 0.0118. The number of rotatable bonds is 4. The molecular formula is C21H27N3O3S. The smallest absolute Gasteiger partial charge is 0.243 e. The van der Waals surface area contributed by atoms with Crippen molar-refractivity contribution in [2.24, 2.45) is 0 Å². The third kappa shape index (κ3) is 4.59. The number of benzene rings is 1. The van der Waals surface area contributed by atoms with E-state index in [9.17, 15) is 13.2 Å². The van der Waals surface area contributed by atoms with Gasteiger partial charge in [-0.15, -0.1) is 0 Å². The van der Waals surface area contributed by atoms with Crippen LogP contribution in [0.25, 0.3) is 0 Å². The minimum atomic E-state index is -3.55. The van der Waals surface area contributed by atoms with Crippen LogP contribution in [0.15, 0.2) is 53.7 Å². The largest absolute Gasteiger partial charge is 0.340 e. The molecule has 0 bridgehead atoms. The highest BCUT2D eigenvalue weighted by Crippen LogP contribution is 2.25. The molecule has 7 heteroatoms. The van der Waals surface area contributed by atoms with E-state index >= 15 is 0 Å². The van der Waals surface area contributed by atoms with E-state index in [1.165, 1.54) is 4.31 Å². The van der Waals surface area contributed by atoms with Gasteiger partial charge in [0.05, 0.1) is 11.3 Å². The molecule has 0 saturated carbocycles. The lowest BCUT2D eigenvalue weighted by atomic mass is 9.87. The highest BCUT2D eigenvalue weighted by atomic mass is 32.2. The van der Waals surface area contributed by atoms with Gasteiger partial charge < -0.3 is 4.90 Å². The Bertz CT molecular complexity index is 912. The van der Waals surface area contributed by atoms with Crippen molar-refractivity contribution < 1.29 is 13.2 Å². The quantitative estimate of drug-likeness (QED) is 0.789. The second kappa shape index (κ2) is 8.01. The van der Waals surface area contributed by atoms with E-state index in [0.717, 1.165) is 11.1 Å². The number of carbonyl (C=O) groups is 1. The molecule has 0 N–H and O–H groups in total. The first-order valence-corrected chi connectivity index (χ1v) is 10.9. The predicted octanol–water partition coefficient (Wildman–Crippen LogP) is 2.45. The first-order chi connectivity index (χ1) is 13.2. The Kier molecular flexibility index (Phi) is 5.86. The number of hydrogen-bond acceptors (Lipinski definition) is 4. The molecule has 1 aliphatic heterocycles. The molecule has 1 amide bonds. The van der Waals surface area contributed by atoms with E-state index in [-0.39, 0.29) is 11.3 Å². The van der Waals surface area contributed by atoms with Crippen LogP contribution in [-0.4, -0.2) is 54.7 Å². The van der Waals surface area contributed by atoms with Crippen LogP contribution in [-0.2, 0) is 26.7 Å². The Labute approximate surface area is 167 Å². The first-order valence-electron chi connectivity index (χ1n) is 9.45. The summed E-state index contributed by atoms with van der Waals surface area (Å²) in [5, 5.41) is 0. The lowest BCUT2D eigenvalue weighted by Gasteiger charge is -2.34. The van der Waals surface area contributed by atoms with Gasteiger partial charge in [-0.25, -0.2) is 8.42 Å². The maximum absolute atomic E-state index is 12.9. The molecule has 1 aromatic heterocycles. The van der Waals surface area contributed by atoms with Crippen LogP contribution in [0, 0.1) is 0 Å². The van der Waals surface area contributed by atoms with Crippen molar-refractivity contribution >= 4 is 15.9 Å². The Morgan fingerprint density at radius 3 is 2.07 bits per heavy atom. The van der Waals surface area contributed by atoms with Crippen molar-refractivity contribution in [2.75, 3.05) is 26.2 Å². The highest BCUT2D eigenvalue weighted by molar-refractivity contribution is 7.89. The van der Waals surface area contributed by atoms with Crippen LogP contribution in [0.4, 0.5) is 0 Å². The van der Waals surface area contributed by atoms with Crippen molar-refractivity contribution in [3.05, 3.63) is 59.9 Å². The molecule has 0 radical (unpaired) electrons. The number of hydrogen-bond donors (Lipinski definition) is 0. The second-order valence-corrected chi connectivity index (χ2v) is 10.0. The maximum atomic E-state index is 12.9. The molecule has 3 rings (SSSR count). The zero-order valence-corrected chi connectivity index (χ0v) is 17.4. The average molecular weight is 402 g/mol. The molecule has 2 heterocycles. The number of carbonyl (C=O) groups excluding carboxylic acids is 1. The van der Waals surface area contributed by atoms with Crippen LogP contribution in [0.1, 0.15) is 31.9 Å². The fourth-order valence-corrected chi connectivity index (χ4v) is 4.66. The van der Waals surface area contributed by atoms with Gasteiger partial charge in [0, 0.05) is 38.6 Å². The van der Waals surface area contributed by atoms with Crippen LogP contribution in [0.5, 0.6) is 0 Å². The molecule has 150 valence electrons. The van der Waals surface area contributed by atoms with E-state index in [2.05, 4.69) is 25.8 Å². The molecule has 0 atom stereocenters. The van der Waals surface area contributed by atoms with E-state index in [0.29, 0.717) is 37.5 Å². The van der Waals surface area contributed by atoms with Gasteiger partial charge in [0.15, 0.2) is 0 Å². The van der Waals surface area contributed by atoms with E-state index in [1.54, 1.807) is 29.4 Å². The molecule has 1 fully saturated rings. The second-order valence-electron chi connectivity index (χ2n) is 8.09. The van der Waals surface area contributed by atoms with Crippen molar-refractivity contribution in [1.82, 2.24) is 14.2 Å². The van der Waals surface area contributed by atoms with E-state index in [1.807, 2.05) is 24.3 Å². The average Bonchev–Trinajstić information content (AvgIpc) is 2.68. The van der Waals surface area contributed by atoms with Crippen molar-refractivity contribution in [3.8, 4) is 0 Å². The van der Waals surface area contributed by atoms with Gasteiger partial charge in [0.25, 0.3) is 0 Å². The van der Waals surface area contributed by atoms with E-state index < -0.39 is 10.0 Å². The van der Waals surface area contributed by atoms with Crippen LogP contribution in [0.2, 0.25) is 0 Å². The van der Waals surface area contributed by atoms with Gasteiger partial charge in [0.2, 0.25) is 15.9 Å². The third-order valence-electron chi connectivity index (χ3n) is 5.05. The van der Waals surface area contributed by atoms with Gasteiger partial charge >= 0.3 is 0 Å². The standard InChI is InChI=1S/C21H27N3O3S/c1-21(2,3)18-4-6-19(7-5-18)28(26,27)24-14-12-23(13-15-24)20(25)16-17-8-10-22-11-9-17/h4-11H,12-16H2,1-3H3. The fourth-order valence-electron chi connectivity index (χ4n) is 3.24. The van der Waals surface area contributed by atoms with E-state index in [4.69, 9.17) is 0 Å². The Morgan fingerprint density at radius 2 is 1.54 bits per heavy atom. The normalized spacial score (nSPS) is 16.2. The zero-order valence-electron chi connectivity index (χ0n) is 16.6. The summed E-state index contributed by atoms with van der Waals surface area (Å²) in [5.41, 5.74) is 1.98. The van der Waals surface area contributed by atoms with Gasteiger partial charge in [0.1, 0.15) is 0 Å². The Hall–Kier alpha value is -2.25. The summed E-state index contributed by atoms with van der Waals surface area (Å²) >= 11 is 0. The molecule has 0 spiro atoms. The molecule has 2 aromatic rings. The maximum Gasteiger partial charge on any atom is 0.243 e. The van der Waals surface area contributed by atoms with Crippen molar-refractivity contribution in [3.63, 3.8) is 0 Å². The SMILES string of the molecule is CC(C)(C)c1ccc(S(=O)(=O)N2CCN(C(=O)Cc3ccncc3)CC2)cc1. The summed E-state index contributed by atoms with van der Waals surface area (Å²) in [6, 6.07) is 10.7. The summed E-state index contributed by atoms with van der Waals surface area (Å²) in [7, 11) is -3.55. The molecule has 6 nitrogen and oxygen atoms in total. The summed E-state index contributed by atoms with van der Waals surface area (Å²) in [6.45, 7) is 7.72. The number of pyridine rings is 1. The van der Waals surface area contributed by atoms with Gasteiger partial charge in [-0.2, -0.15) is 4.31 Å². The predicted molar refractivity (Wildman–Crippen MR) is 108 cm³/mol. The minimum Gasteiger partial charge on any atom is -0.340 e. The topological polar surface area (TPSA) is 70.6 Å². The van der Waals surface area contributed by atoms with Crippen molar-refractivity contribution in [1.29, 1.82) is 0 Å². The van der Waals surface area contributed by atoms with Crippen LogP contribution in [0.3, 0.4) is 0 Å². The number of amides is 1. The Balaban J connectivity index is 1.62. The third-order valence-corrected chi connectivity index (χ3v) is 6.97. The first kappa shape index (κ1) is 20.5. The van der Waals surface area contributed by atoms with Crippen molar-refractivity contribution in [2.45, 2.75) is 37.5 Å². The Morgan fingerprint density at radius 1 is 0.964 bits per heavy atom. The summed E-state index contributed by atoms with van der Waals surface area (Å²) in [4.78, 5) is 18.4. The molecule has 0 aliphatic carbocycles. The number of aromatic nitrogens is 1. The molecule has 0 unspecified atom stereocenters. The molecule has 1 saturated heterocycles. The lowest BCUT2D eigenvalue weighted by molar-refractivity contribution is -0.131.